The summed E-state index contributed by atoms with van der Waals surface area (Å²) in [5.74, 6) is 2.77. The van der Waals surface area contributed by atoms with Crippen molar-refractivity contribution >= 4 is 6.29 Å². The molecule has 0 aliphatic heterocycles. The van der Waals surface area contributed by atoms with E-state index in [9.17, 15) is 4.79 Å². The molecule has 2 atom stereocenters. The topological polar surface area (TPSA) is 35.5 Å². The van der Waals surface area contributed by atoms with Gasteiger partial charge in [0.25, 0.3) is 0 Å². The van der Waals surface area contributed by atoms with Crippen LogP contribution in [0.15, 0.2) is 6.07 Å². The van der Waals surface area contributed by atoms with Crippen LogP contribution in [0.3, 0.4) is 0 Å². The maximum Gasteiger partial charge on any atom is 0.153 e. The lowest BCUT2D eigenvalue weighted by molar-refractivity contribution is 0.112. The Balaban J connectivity index is 2.28. The second-order valence-electron chi connectivity index (χ2n) is 4.85. The third-order valence-electron chi connectivity index (χ3n) is 4.15. The van der Waals surface area contributed by atoms with E-state index in [-0.39, 0.29) is 0 Å². The molecule has 3 nitrogen and oxygen atoms in total. The second-order valence-corrected chi connectivity index (χ2v) is 4.85. The Kier molecular flexibility index (Phi) is 2.35. The highest BCUT2D eigenvalue weighted by molar-refractivity contribution is 5.83. The van der Waals surface area contributed by atoms with Crippen LogP contribution in [0.25, 0.3) is 0 Å². The quantitative estimate of drug-likeness (QED) is 0.752. The fourth-order valence-corrected chi connectivity index (χ4v) is 3.51. The fourth-order valence-electron chi connectivity index (χ4n) is 3.51. The van der Waals surface area contributed by atoms with Crippen molar-refractivity contribution in [3.63, 3.8) is 0 Å². The zero-order chi connectivity index (χ0) is 12.0. The largest absolute Gasteiger partial charge is 0.496 e. The molecule has 0 saturated heterocycles. The lowest BCUT2D eigenvalue weighted by atomic mass is 9.88. The molecule has 0 heterocycles. The van der Waals surface area contributed by atoms with Crippen LogP contribution in [0.4, 0.5) is 0 Å². The average molecular weight is 232 g/mol. The minimum Gasteiger partial charge on any atom is -0.496 e. The molecular formula is C14H16O3. The summed E-state index contributed by atoms with van der Waals surface area (Å²) in [5.41, 5.74) is 3.12. The van der Waals surface area contributed by atoms with Crippen LogP contribution in [0.5, 0.6) is 11.5 Å². The summed E-state index contributed by atoms with van der Waals surface area (Å²) in [6, 6.07) is 1.81. The number of ether oxygens (including phenoxy) is 2. The van der Waals surface area contributed by atoms with Crippen molar-refractivity contribution in [2.45, 2.75) is 31.1 Å². The molecule has 3 rings (SSSR count). The summed E-state index contributed by atoms with van der Waals surface area (Å²) in [7, 11) is 3.31. The Hall–Kier alpha value is -1.51. The van der Waals surface area contributed by atoms with E-state index in [1.54, 1.807) is 14.2 Å². The molecule has 3 heteroatoms. The Morgan fingerprint density at radius 3 is 2.47 bits per heavy atom. The van der Waals surface area contributed by atoms with E-state index < -0.39 is 0 Å². The first-order valence-electron chi connectivity index (χ1n) is 6.04. The highest BCUT2D eigenvalue weighted by Gasteiger charge is 2.42. The Morgan fingerprint density at radius 2 is 1.88 bits per heavy atom. The number of rotatable bonds is 3. The van der Waals surface area contributed by atoms with Crippen molar-refractivity contribution < 1.29 is 14.3 Å². The van der Waals surface area contributed by atoms with Crippen molar-refractivity contribution in [2.75, 3.05) is 14.2 Å². The third-order valence-corrected chi connectivity index (χ3v) is 4.15. The van der Waals surface area contributed by atoms with Gasteiger partial charge in [0.05, 0.1) is 19.8 Å². The molecule has 2 aliphatic rings. The van der Waals surface area contributed by atoms with Crippen LogP contribution in [0.2, 0.25) is 0 Å². The molecule has 0 amide bonds. The number of hydrogen-bond donors (Lipinski definition) is 0. The molecule has 1 fully saturated rings. The minimum absolute atomic E-state index is 0.554. The van der Waals surface area contributed by atoms with Crippen molar-refractivity contribution in [2.24, 2.45) is 0 Å². The monoisotopic (exact) mass is 232 g/mol. The van der Waals surface area contributed by atoms with E-state index in [1.165, 1.54) is 30.4 Å². The summed E-state index contributed by atoms with van der Waals surface area (Å²) >= 11 is 0. The number of hydrogen-bond acceptors (Lipinski definition) is 3. The molecule has 2 unspecified atom stereocenters. The molecule has 0 N–H and O–H groups in total. The summed E-state index contributed by atoms with van der Waals surface area (Å²) in [5, 5.41) is 0. The molecule has 0 radical (unpaired) electrons. The molecule has 1 aromatic carbocycles. The number of aldehydes is 1. The Bertz CT molecular complexity index is 479. The molecule has 0 spiro atoms. The van der Waals surface area contributed by atoms with Gasteiger partial charge in [-0.1, -0.05) is 0 Å². The van der Waals surface area contributed by atoms with Crippen LogP contribution in [0, 0.1) is 0 Å². The van der Waals surface area contributed by atoms with Gasteiger partial charge in [0.1, 0.15) is 11.5 Å². The van der Waals surface area contributed by atoms with Crippen LogP contribution >= 0.6 is 0 Å². The second kappa shape index (κ2) is 3.76. The van der Waals surface area contributed by atoms with E-state index in [2.05, 4.69) is 0 Å². The van der Waals surface area contributed by atoms with Gasteiger partial charge in [-0.25, -0.2) is 0 Å². The van der Waals surface area contributed by atoms with Crippen LogP contribution in [0.1, 0.15) is 52.6 Å². The zero-order valence-electron chi connectivity index (χ0n) is 10.2. The fraction of sp³-hybridized carbons (Fsp3) is 0.500. The lowest BCUT2D eigenvalue weighted by Crippen LogP contribution is -2.06. The van der Waals surface area contributed by atoms with Crippen molar-refractivity contribution in [3.8, 4) is 11.5 Å². The Morgan fingerprint density at radius 1 is 1.18 bits per heavy atom. The van der Waals surface area contributed by atoms with Gasteiger partial charge in [-0.15, -0.1) is 0 Å². The van der Waals surface area contributed by atoms with E-state index in [4.69, 9.17) is 9.47 Å². The third kappa shape index (κ3) is 1.31. The number of benzene rings is 1. The van der Waals surface area contributed by atoms with Crippen LogP contribution in [-0.4, -0.2) is 20.5 Å². The lowest BCUT2D eigenvalue weighted by Gasteiger charge is -2.22. The maximum atomic E-state index is 11.1. The SMILES string of the molecule is COc1cc(C=O)c(OC)c2c1C1CCC2C1. The smallest absolute Gasteiger partial charge is 0.153 e. The first-order valence-corrected chi connectivity index (χ1v) is 6.04. The normalized spacial score (nSPS) is 24.6. The number of methoxy groups -OCH3 is 2. The summed E-state index contributed by atoms with van der Waals surface area (Å²) in [4.78, 5) is 11.1. The molecule has 1 saturated carbocycles. The molecule has 0 aromatic heterocycles. The highest BCUT2D eigenvalue weighted by Crippen LogP contribution is 2.59. The van der Waals surface area contributed by atoms with Crippen LogP contribution in [-0.2, 0) is 0 Å². The summed E-state index contributed by atoms with van der Waals surface area (Å²) in [6.07, 6.45) is 4.48. The number of carbonyl (C=O) groups excluding carboxylic acids is 1. The molecular weight excluding hydrogens is 216 g/mol. The van der Waals surface area contributed by atoms with Crippen molar-refractivity contribution in [1.82, 2.24) is 0 Å². The van der Waals surface area contributed by atoms with E-state index in [0.29, 0.717) is 17.4 Å². The van der Waals surface area contributed by atoms with Crippen LogP contribution < -0.4 is 9.47 Å². The van der Waals surface area contributed by atoms with Gasteiger partial charge in [-0.05, 0) is 37.2 Å². The number of fused-ring (bicyclic) bond motifs is 5. The van der Waals surface area contributed by atoms with Gasteiger partial charge >= 0.3 is 0 Å². The molecule has 90 valence electrons. The minimum atomic E-state index is 0.554. The van der Waals surface area contributed by atoms with Gasteiger partial charge in [-0.3, -0.25) is 4.79 Å². The van der Waals surface area contributed by atoms with E-state index in [0.717, 1.165) is 17.8 Å². The molecule has 17 heavy (non-hydrogen) atoms. The van der Waals surface area contributed by atoms with Gasteiger partial charge < -0.3 is 9.47 Å². The summed E-state index contributed by atoms with van der Waals surface area (Å²) < 4.78 is 10.9. The van der Waals surface area contributed by atoms with Gasteiger partial charge in [0.15, 0.2) is 6.29 Å². The molecule has 2 aliphatic carbocycles. The molecule has 1 aromatic rings. The first-order chi connectivity index (χ1) is 8.30. The molecule has 2 bridgehead atoms. The first kappa shape index (κ1) is 10.6. The zero-order valence-corrected chi connectivity index (χ0v) is 10.2. The maximum absolute atomic E-state index is 11.1. The van der Waals surface area contributed by atoms with E-state index >= 15 is 0 Å². The van der Waals surface area contributed by atoms with Crippen molar-refractivity contribution in [3.05, 3.63) is 22.8 Å². The summed E-state index contributed by atoms with van der Waals surface area (Å²) in [6.45, 7) is 0. The standard InChI is InChI=1S/C14H16O3/c1-16-11-6-10(7-15)14(17-2)13-9-4-3-8(5-9)12(11)13/h6-9H,3-5H2,1-2H3. The predicted molar refractivity (Wildman–Crippen MR) is 64.3 cm³/mol. The number of carbonyl (C=O) groups is 1. The van der Waals surface area contributed by atoms with Gasteiger partial charge in [0.2, 0.25) is 0 Å². The average Bonchev–Trinajstić information content (AvgIpc) is 2.98. The highest BCUT2D eigenvalue weighted by atomic mass is 16.5. The van der Waals surface area contributed by atoms with E-state index in [1.807, 2.05) is 6.07 Å². The Labute approximate surface area is 101 Å². The van der Waals surface area contributed by atoms with Gasteiger partial charge in [-0.2, -0.15) is 0 Å². The van der Waals surface area contributed by atoms with Crippen molar-refractivity contribution in [1.29, 1.82) is 0 Å². The van der Waals surface area contributed by atoms with Gasteiger partial charge in [0, 0.05) is 11.1 Å². The predicted octanol–water partition coefficient (Wildman–Crippen LogP) is 2.88.